The van der Waals surface area contributed by atoms with Gasteiger partial charge in [-0.05, 0) is 63.2 Å². The first-order valence-electron chi connectivity index (χ1n) is 7.29. The number of rotatable bonds is 3. The zero-order valence-electron chi connectivity index (χ0n) is 13.7. The van der Waals surface area contributed by atoms with Crippen LogP contribution in [0.5, 0.6) is 0 Å². The van der Waals surface area contributed by atoms with E-state index in [1.807, 2.05) is 52.0 Å². The number of nitrogens with one attached hydrogen (secondary N) is 3. The molecule has 0 saturated carbocycles. The van der Waals surface area contributed by atoms with Crippen LogP contribution in [0, 0.1) is 27.7 Å². The number of aromatic nitrogens is 2. The Morgan fingerprint density at radius 2 is 1.91 bits per heavy atom. The molecular weight excluding hydrogens is 310 g/mol. The molecule has 0 aliphatic rings. The summed E-state index contributed by atoms with van der Waals surface area (Å²) in [5.41, 5.74) is 10.2. The molecule has 122 valence electrons. The van der Waals surface area contributed by atoms with E-state index in [0.717, 1.165) is 28.2 Å². The molecule has 6 nitrogen and oxygen atoms in total. The van der Waals surface area contributed by atoms with E-state index < -0.39 is 0 Å². The zero-order valence-corrected chi connectivity index (χ0v) is 14.5. The molecule has 0 radical (unpaired) electrons. The van der Waals surface area contributed by atoms with Gasteiger partial charge in [0.15, 0.2) is 5.11 Å². The lowest BCUT2D eigenvalue weighted by atomic mass is 10.1. The van der Waals surface area contributed by atoms with Crippen molar-refractivity contribution in [3.8, 4) is 0 Å². The summed E-state index contributed by atoms with van der Waals surface area (Å²) < 4.78 is 1.65. The number of hydrogen-bond acceptors (Lipinski definition) is 3. The molecular formula is C16H21N5OS. The quantitative estimate of drug-likeness (QED) is 0.594. The molecule has 23 heavy (non-hydrogen) atoms. The zero-order chi connectivity index (χ0) is 17.0. The third-order valence-corrected chi connectivity index (χ3v) is 3.56. The summed E-state index contributed by atoms with van der Waals surface area (Å²) in [5.74, 6) is -0.221. The topological polar surface area (TPSA) is 71.0 Å². The predicted octanol–water partition coefficient (Wildman–Crippen LogP) is 2.13. The average Bonchev–Trinajstić information content (AvgIpc) is 2.78. The monoisotopic (exact) mass is 331 g/mol. The second kappa shape index (κ2) is 7.23. The molecule has 0 aliphatic heterocycles. The normalized spacial score (nSPS) is 10.3. The summed E-state index contributed by atoms with van der Waals surface area (Å²) in [6.45, 7) is 7.94. The van der Waals surface area contributed by atoms with Crippen LogP contribution in [0.2, 0.25) is 0 Å². The van der Waals surface area contributed by atoms with Crippen LogP contribution >= 0.6 is 12.2 Å². The summed E-state index contributed by atoms with van der Waals surface area (Å²) in [4.78, 5) is 11.9. The van der Waals surface area contributed by atoms with E-state index in [0.29, 0.717) is 5.11 Å². The van der Waals surface area contributed by atoms with Gasteiger partial charge < -0.3 is 5.32 Å². The Labute approximate surface area is 141 Å². The van der Waals surface area contributed by atoms with Crippen LogP contribution in [-0.4, -0.2) is 20.8 Å². The molecule has 2 aromatic rings. The van der Waals surface area contributed by atoms with Crippen molar-refractivity contribution in [2.24, 2.45) is 0 Å². The lowest BCUT2D eigenvalue weighted by Gasteiger charge is -2.14. The Morgan fingerprint density at radius 3 is 2.57 bits per heavy atom. The Bertz CT molecular complexity index is 738. The van der Waals surface area contributed by atoms with Crippen LogP contribution in [0.25, 0.3) is 0 Å². The standard InChI is InChI=1S/C16H21N5OS/c1-10-5-6-11(2)14(7-10)17-16(23)19-18-15(22)9-21-13(4)8-12(3)20-21/h5-8H,9H2,1-4H3,(H,18,22)(H2,17,19,23). The second-order valence-electron chi connectivity index (χ2n) is 5.53. The summed E-state index contributed by atoms with van der Waals surface area (Å²) >= 11 is 5.19. The SMILES string of the molecule is Cc1ccc(C)c(NC(=S)NNC(=O)Cn2nc(C)cc2C)c1. The van der Waals surface area contributed by atoms with Crippen LogP contribution in [0.1, 0.15) is 22.5 Å². The van der Waals surface area contributed by atoms with Gasteiger partial charge in [0.1, 0.15) is 6.54 Å². The van der Waals surface area contributed by atoms with E-state index in [1.165, 1.54) is 0 Å². The molecule has 1 aromatic carbocycles. The van der Waals surface area contributed by atoms with Gasteiger partial charge in [0, 0.05) is 11.4 Å². The maximum Gasteiger partial charge on any atom is 0.260 e. The van der Waals surface area contributed by atoms with Crippen molar-refractivity contribution in [2.45, 2.75) is 34.2 Å². The van der Waals surface area contributed by atoms with E-state index in [2.05, 4.69) is 21.3 Å². The minimum absolute atomic E-state index is 0.138. The van der Waals surface area contributed by atoms with Crippen molar-refractivity contribution in [1.29, 1.82) is 0 Å². The highest BCUT2D eigenvalue weighted by Gasteiger charge is 2.08. The van der Waals surface area contributed by atoms with Gasteiger partial charge in [-0.2, -0.15) is 5.10 Å². The number of carbonyl (C=O) groups excluding carboxylic acids is 1. The number of anilines is 1. The first-order chi connectivity index (χ1) is 10.8. The first kappa shape index (κ1) is 17.0. The number of amides is 1. The van der Waals surface area contributed by atoms with Crippen LogP contribution < -0.4 is 16.2 Å². The summed E-state index contributed by atoms with van der Waals surface area (Å²) in [6.07, 6.45) is 0. The molecule has 0 atom stereocenters. The third-order valence-electron chi connectivity index (χ3n) is 3.35. The Morgan fingerprint density at radius 1 is 1.17 bits per heavy atom. The van der Waals surface area contributed by atoms with Crippen molar-refractivity contribution in [1.82, 2.24) is 20.6 Å². The fraction of sp³-hybridized carbons (Fsp3) is 0.312. The average molecular weight is 331 g/mol. The number of carbonyl (C=O) groups is 1. The van der Waals surface area contributed by atoms with E-state index in [1.54, 1.807) is 4.68 Å². The van der Waals surface area contributed by atoms with Crippen molar-refractivity contribution in [2.75, 3.05) is 5.32 Å². The van der Waals surface area contributed by atoms with Crippen molar-refractivity contribution in [3.63, 3.8) is 0 Å². The predicted molar refractivity (Wildman–Crippen MR) is 95.1 cm³/mol. The van der Waals surface area contributed by atoms with Gasteiger partial charge in [0.25, 0.3) is 5.91 Å². The lowest BCUT2D eigenvalue weighted by molar-refractivity contribution is -0.122. The molecule has 0 saturated heterocycles. The number of benzene rings is 1. The molecule has 0 bridgehead atoms. The molecule has 7 heteroatoms. The number of aryl methyl sites for hydroxylation is 4. The van der Waals surface area contributed by atoms with E-state index >= 15 is 0 Å². The van der Waals surface area contributed by atoms with Gasteiger partial charge >= 0.3 is 0 Å². The molecule has 1 amide bonds. The van der Waals surface area contributed by atoms with Gasteiger partial charge in [-0.25, -0.2) is 0 Å². The highest BCUT2D eigenvalue weighted by molar-refractivity contribution is 7.80. The Balaban J connectivity index is 1.85. The van der Waals surface area contributed by atoms with Crippen LogP contribution in [0.4, 0.5) is 5.69 Å². The van der Waals surface area contributed by atoms with Gasteiger partial charge in [-0.15, -0.1) is 0 Å². The van der Waals surface area contributed by atoms with E-state index in [9.17, 15) is 4.79 Å². The highest BCUT2D eigenvalue weighted by atomic mass is 32.1. The second-order valence-corrected chi connectivity index (χ2v) is 5.94. The van der Waals surface area contributed by atoms with Crippen LogP contribution in [-0.2, 0) is 11.3 Å². The maximum atomic E-state index is 11.9. The number of thiocarbonyl (C=S) groups is 1. The Kier molecular flexibility index (Phi) is 5.33. The smallest absolute Gasteiger partial charge is 0.260 e. The van der Waals surface area contributed by atoms with Gasteiger partial charge in [0.2, 0.25) is 0 Å². The minimum Gasteiger partial charge on any atom is -0.331 e. The number of hydrazine groups is 1. The fourth-order valence-corrected chi connectivity index (χ4v) is 2.32. The molecule has 1 heterocycles. The molecule has 3 N–H and O–H groups in total. The van der Waals surface area contributed by atoms with Crippen LogP contribution in [0.15, 0.2) is 24.3 Å². The summed E-state index contributed by atoms with van der Waals surface area (Å²) in [6, 6.07) is 7.98. The molecule has 1 aromatic heterocycles. The highest BCUT2D eigenvalue weighted by Crippen LogP contribution is 2.15. The maximum absolute atomic E-state index is 11.9. The first-order valence-corrected chi connectivity index (χ1v) is 7.70. The third kappa shape index (κ3) is 4.79. The van der Waals surface area contributed by atoms with Crippen molar-refractivity contribution < 1.29 is 4.79 Å². The largest absolute Gasteiger partial charge is 0.331 e. The molecule has 0 aliphatic carbocycles. The van der Waals surface area contributed by atoms with E-state index in [-0.39, 0.29) is 12.5 Å². The summed E-state index contributed by atoms with van der Waals surface area (Å²) in [5, 5.41) is 7.65. The van der Waals surface area contributed by atoms with E-state index in [4.69, 9.17) is 12.2 Å². The minimum atomic E-state index is -0.221. The molecule has 0 fully saturated rings. The van der Waals surface area contributed by atoms with Crippen LogP contribution in [0.3, 0.4) is 0 Å². The van der Waals surface area contributed by atoms with Gasteiger partial charge in [0.05, 0.1) is 5.69 Å². The van der Waals surface area contributed by atoms with Gasteiger partial charge in [-0.1, -0.05) is 12.1 Å². The lowest BCUT2D eigenvalue weighted by Crippen LogP contribution is -2.45. The molecule has 2 rings (SSSR count). The van der Waals surface area contributed by atoms with Crippen molar-refractivity contribution in [3.05, 3.63) is 46.8 Å². The summed E-state index contributed by atoms with van der Waals surface area (Å²) in [7, 11) is 0. The number of hydrogen-bond donors (Lipinski definition) is 3. The van der Waals surface area contributed by atoms with Crippen molar-refractivity contribution >= 4 is 28.9 Å². The number of nitrogens with zero attached hydrogens (tertiary/aromatic N) is 2. The molecule has 0 spiro atoms. The van der Waals surface area contributed by atoms with Gasteiger partial charge in [-0.3, -0.25) is 20.3 Å². The molecule has 0 unspecified atom stereocenters. The fourth-order valence-electron chi connectivity index (χ4n) is 2.16. The Hall–Kier alpha value is -2.41.